The number of ether oxygens (including phenoxy) is 2. The van der Waals surface area contributed by atoms with E-state index in [2.05, 4.69) is 45.3 Å². The summed E-state index contributed by atoms with van der Waals surface area (Å²) in [6.07, 6.45) is 5.77. The second-order valence-corrected chi connectivity index (χ2v) is 13.7. The van der Waals surface area contributed by atoms with Crippen molar-refractivity contribution in [1.29, 1.82) is 0 Å². The number of hydrogen-bond acceptors (Lipinski definition) is 5. The zero-order valence-electron chi connectivity index (χ0n) is 28.6. The van der Waals surface area contributed by atoms with Crippen molar-refractivity contribution >= 4 is 29.4 Å². The molecule has 0 aromatic heterocycles. The van der Waals surface area contributed by atoms with E-state index in [4.69, 9.17) is 21.1 Å². The molecule has 0 aliphatic carbocycles. The van der Waals surface area contributed by atoms with Crippen LogP contribution in [0.25, 0.3) is 0 Å². The predicted molar refractivity (Wildman–Crippen MR) is 182 cm³/mol. The van der Waals surface area contributed by atoms with Crippen LogP contribution in [0.15, 0.2) is 54.6 Å². The van der Waals surface area contributed by atoms with Crippen molar-refractivity contribution in [3.05, 3.63) is 76.6 Å². The Kier molecular flexibility index (Phi) is 15.8. The number of hydrogen-bond donors (Lipinski definition) is 2. The summed E-state index contributed by atoms with van der Waals surface area (Å²) >= 11 is 6.32. The van der Waals surface area contributed by atoms with Crippen molar-refractivity contribution in [2.45, 2.75) is 86.1 Å². The molecule has 0 fully saturated rings. The second-order valence-electron chi connectivity index (χ2n) is 13.3. The minimum absolute atomic E-state index is 0.0460. The first kappa shape index (κ1) is 38.8. The van der Waals surface area contributed by atoms with Crippen molar-refractivity contribution in [2.75, 3.05) is 20.3 Å². The lowest BCUT2D eigenvalue weighted by molar-refractivity contribution is -0.154. The van der Waals surface area contributed by atoms with Gasteiger partial charge in [-0.1, -0.05) is 70.5 Å². The number of esters is 1. The van der Waals surface area contributed by atoms with Gasteiger partial charge in [-0.25, -0.2) is 4.39 Å². The zero-order valence-corrected chi connectivity index (χ0v) is 29.4. The van der Waals surface area contributed by atoms with Gasteiger partial charge >= 0.3 is 5.97 Å². The standard InChI is InChI=1S/C37H52ClFN2O5/c1-24(2)19-20-46-36(44)37(6,7)23-40-35(43)32(22-28-13-18-33(45-8)31(38)21-28)41-34(42)12-10-9-11-25(3)26(4)27(5)29-14-16-30(39)17-15-29/h10,12-18,21,24-27,32H,9,11,19-20,22-23H2,1-8H3,(H,40,43)(H,41,42)/b12-10+. The van der Waals surface area contributed by atoms with Crippen LogP contribution in [0.2, 0.25) is 5.02 Å². The first-order valence-electron chi connectivity index (χ1n) is 16.1. The fourth-order valence-corrected chi connectivity index (χ4v) is 5.24. The molecule has 4 unspecified atom stereocenters. The van der Waals surface area contributed by atoms with Crippen LogP contribution in [0.3, 0.4) is 0 Å². The number of amides is 2. The Labute approximate surface area is 279 Å². The lowest BCUT2D eigenvalue weighted by atomic mass is 9.79. The minimum atomic E-state index is -0.952. The van der Waals surface area contributed by atoms with Crippen LogP contribution in [-0.2, 0) is 25.5 Å². The van der Waals surface area contributed by atoms with E-state index in [-0.39, 0.29) is 24.7 Å². The highest BCUT2D eigenvalue weighted by Crippen LogP contribution is 2.32. The van der Waals surface area contributed by atoms with Gasteiger partial charge in [-0.05, 0) is 98.2 Å². The summed E-state index contributed by atoms with van der Waals surface area (Å²) in [6, 6.07) is 10.9. The molecule has 2 aromatic carbocycles. The van der Waals surface area contributed by atoms with Crippen LogP contribution in [-0.4, -0.2) is 44.1 Å². The van der Waals surface area contributed by atoms with Crippen LogP contribution in [0.1, 0.15) is 84.8 Å². The smallest absolute Gasteiger partial charge is 0.313 e. The van der Waals surface area contributed by atoms with E-state index in [0.717, 1.165) is 24.0 Å². The third kappa shape index (κ3) is 12.8. The maximum absolute atomic E-state index is 13.4. The predicted octanol–water partition coefficient (Wildman–Crippen LogP) is 7.66. The third-order valence-corrected chi connectivity index (χ3v) is 8.91. The van der Waals surface area contributed by atoms with Crippen molar-refractivity contribution in [3.8, 4) is 5.75 Å². The van der Waals surface area contributed by atoms with Crippen LogP contribution in [0.4, 0.5) is 4.39 Å². The topological polar surface area (TPSA) is 93.7 Å². The molecule has 2 N–H and O–H groups in total. The maximum atomic E-state index is 13.4. The molecule has 0 saturated heterocycles. The van der Waals surface area contributed by atoms with Gasteiger partial charge in [0.25, 0.3) is 0 Å². The molecule has 0 aliphatic rings. The molecule has 2 amide bonds. The van der Waals surface area contributed by atoms with Crippen LogP contribution >= 0.6 is 11.6 Å². The van der Waals surface area contributed by atoms with E-state index in [1.165, 1.54) is 25.3 Å². The van der Waals surface area contributed by atoms with Crippen LogP contribution < -0.4 is 15.4 Å². The summed E-state index contributed by atoms with van der Waals surface area (Å²) in [5.74, 6) is 0.446. The zero-order chi connectivity index (χ0) is 34.4. The summed E-state index contributed by atoms with van der Waals surface area (Å²) in [5.41, 5.74) is 0.886. The van der Waals surface area contributed by atoms with Gasteiger partial charge < -0.3 is 20.1 Å². The summed E-state index contributed by atoms with van der Waals surface area (Å²) < 4.78 is 24.0. The molecule has 0 aliphatic heterocycles. The van der Waals surface area contributed by atoms with E-state index in [9.17, 15) is 18.8 Å². The molecule has 9 heteroatoms. The maximum Gasteiger partial charge on any atom is 0.313 e. The number of carbonyl (C=O) groups is 3. The van der Waals surface area contributed by atoms with E-state index >= 15 is 0 Å². The molecular weight excluding hydrogens is 607 g/mol. The summed E-state index contributed by atoms with van der Waals surface area (Å²) in [7, 11) is 1.52. The van der Waals surface area contributed by atoms with Gasteiger partial charge in [-0.2, -0.15) is 0 Å². The van der Waals surface area contributed by atoms with Gasteiger partial charge in [0.2, 0.25) is 11.8 Å². The summed E-state index contributed by atoms with van der Waals surface area (Å²) in [4.78, 5) is 39.0. The Balaban J connectivity index is 2.03. The Bertz CT molecular complexity index is 1310. The second kappa shape index (κ2) is 18.7. The first-order valence-corrected chi connectivity index (χ1v) is 16.5. The Morgan fingerprint density at radius 2 is 1.67 bits per heavy atom. The van der Waals surface area contributed by atoms with Gasteiger partial charge in [0.05, 0.1) is 24.2 Å². The molecule has 254 valence electrons. The fourth-order valence-electron chi connectivity index (χ4n) is 4.96. The average molecular weight is 659 g/mol. The largest absolute Gasteiger partial charge is 0.495 e. The number of nitrogens with one attached hydrogen (secondary N) is 2. The SMILES string of the molecule is COc1ccc(CC(NC(=O)/C=C/CCC(C)C(C)C(C)c2ccc(F)cc2)C(=O)NCC(C)(C)C(=O)OCCC(C)C)cc1Cl. The van der Waals surface area contributed by atoms with Crippen LogP contribution in [0, 0.1) is 29.0 Å². The number of carbonyl (C=O) groups excluding carboxylic acids is 3. The van der Waals surface area contributed by atoms with E-state index < -0.39 is 29.2 Å². The van der Waals surface area contributed by atoms with Crippen molar-refractivity contribution in [2.24, 2.45) is 23.2 Å². The van der Waals surface area contributed by atoms with E-state index in [1.54, 1.807) is 32.0 Å². The number of rotatable bonds is 18. The number of halogens is 2. The highest BCUT2D eigenvalue weighted by atomic mass is 35.5. The van der Waals surface area contributed by atoms with Crippen molar-refractivity contribution in [3.63, 3.8) is 0 Å². The molecule has 7 nitrogen and oxygen atoms in total. The number of allylic oxidation sites excluding steroid dienone is 1. The first-order chi connectivity index (χ1) is 21.6. The molecule has 2 aromatic rings. The minimum Gasteiger partial charge on any atom is -0.495 e. The highest BCUT2D eigenvalue weighted by molar-refractivity contribution is 6.32. The van der Waals surface area contributed by atoms with E-state index in [1.807, 2.05) is 18.2 Å². The lowest BCUT2D eigenvalue weighted by Crippen LogP contribution is -2.50. The van der Waals surface area contributed by atoms with E-state index in [0.29, 0.717) is 41.6 Å². The van der Waals surface area contributed by atoms with Crippen LogP contribution in [0.5, 0.6) is 5.75 Å². The fraction of sp³-hybridized carbons (Fsp3) is 0.541. The molecule has 0 spiro atoms. The molecule has 0 bridgehead atoms. The van der Waals surface area contributed by atoms with Crippen molar-refractivity contribution < 1.29 is 28.2 Å². The van der Waals surface area contributed by atoms with Gasteiger partial charge in [0.15, 0.2) is 0 Å². The quantitative estimate of drug-likeness (QED) is 0.127. The molecule has 2 rings (SSSR count). The molecule has 4 atom stereocenters. The highest BCUT2D eigenvalue weighted by Gasteiger charge is 2.31. The van der Waals surface area contributed by atoms with Crippen molar-refractivity contribution in [1.82, 2.24) is 10.6 Å². The average Bonchev–Trinajstić information content (AvgIpc) is 3.01. The summed E-state index contributed by atoms with van der Waals surface area (Å²) in [6.45, 7) is 14.4. The molecule has 0 radical (unpaired) electrons. The lowest BCUT2D eigenvalue weighted by Gasteiger charge is -2.26. The third-order valence-electron chi connectivity index (χ3n) is 8.61. The normalized spacial score (nSPS) is 14.4. The number of benzene rings is 2. The van der Waals surface area contributed by atoms with Gasteiger partial charge in [-0.15, -0.1) is 0 Å². The molecular formula is C37H52ClFN2O5. The Morgan fingerprint density at radius 3 is 2.28 bits per heavy atom. The monoisotopic (exact) mass is 658 g/mol. The molecule has 0 saturated carbocycles. The summed E-state index contributed by atoms with van der Waals surface area (Å²) in [5, 5.41) is 6.05. The Hall–Kier alpha value is -3.39. The van der Waals surface area contributed by atoms with Gasteiger partial charge in [0, 0.05) is 13.0 Å². The molecule has 46 heavy (non-hydrogen) atoms. The van der Waals surface area contributed by atoms with Gasteiger partial charge in [0.1, 0.15) is 17.6 Å². The number of methoxy groups -OCH3 is 1. The Morgan fingerprint density at radius 1 is 1.00 bits per heavy atom. The molecule has 0 heterocycles. The van der Waals surface area contributed by atoms with Gasteiger partial charge in [-0.3, -0.25) is 14.4 Å².